The monoisotopic (exact) mass is 410 g/mol. The number of halogens is 3. The van der Waals surface area contributed by atoms with E-state index in [1.165, 1.54) is 23.9 Å². The number of amides is 1. The van der Waals surface area contributed by atoms with Gasteiger partial charge in [0.2, 0.25) is 15.9 Å². The van der Waals surface area contributed by atoms with Crippen LogP contribution < -0.4 is 4.74 Å². The molecule has 0 bridgehead atoms. The largest absolute Gasteiger partial charge is 0.573 e. The summed E-state index contributed by atoms with van der Waals surface area (Å²) >= 11 is 1.29. The quantitative estimate of drug-likeness (QED) is 0.745. The van der Waals surface area contributed by atoms with Crippen molar-refractivity contribution < 1.29 is 31.1 Å². The predicted molar refractivity (Wildman–Crippen MR) is 89.1 cm³/mol. The van der Waals surface area contributed by atoms with Crippen LogP contribution in [-0.4, -0.2) is 60.7 Å². The highest BCUT2D eigenvalue weighted by molar-refractivity contribution is 8.00. The Bertz CT molecular complexity index is 796. The molecule has 1 heterocycles. The van der Waals surface area contributed by atoms with Crippen LogP contribution in [0.5, 0.6) is 5.75 Å². The summed E-state index contributed by atoms with van der Waals surface area (Å²) in [4.78, 5) is 13.8. The Balaban J connectivity index is 1.84. The molecule has 11 heteroatoms. The first kappa shape index (κ1) is 19.3. The van der Waals surface area contributed by atoms with Gasteiger partial charge in [-0.1, -0.05) is 6.07 Å². The molecule has 3 rings (SSSR count). The Kier molecular flexibility index (Phi) is 5.15. The zero-order valence-electron chi connectivity index (χ0n) is 13.8. The van der Waals surface area contributed by atoms with Gasteiger partial charge in [-0.15, -0.1) is 24.9 Å². The maximum Gasteiger partial charge on any atom is 0.573 e. The molecule has 1 amide bonds. The summed E-state index contributed by atoms with van der Waals surface area (Å²) in [7, 11) is -2.49. The molecule has 0 aromatic heterocycles. The first-order chi connectivity index (χ1) is 12.1. The molecule has 1 aliphatic heterocycles. The van der Waals surface area contributed by atoms with E-state index in [9.17, 15) is 26.4 Å². The zero-order valence-corrected chi connectivity index (χ0v) is 15.4. The molecule has 26 heavy (non-hydrogen) atoms. The summed E-state index contributed by atoms with van der Waals surface area (Å²) in [5.74, 6) is -0.526. The molecule has 1 aliphatic carbocycles. The van der Waals surface area contributed by atoms with Crippen molar-refractivity contribution >= 4 is 27.7 Å². The lowest BCUT2D eigenvalue weighted by atomic mass is 10.3. The van der Waals surface area contributed by atoms with Gasteiger partial charge in [0.1, 0.15) is 11.8 Å². The third-order valence-electron chi connectivity index (χ3n) is 4.21. The third-order valence-corrected chi connectivity index (χ3v) is 7.24. The fraction of sp³-hybridized carbons (Fsp3) is 0.533. The molecule has 1 unspecified atom stereocenters. The number of ether oxygens (including phenoxy) is 1. The van der Waals surface area contributed by atoms with Crippen molar-refractivity contribution in [1.29, 1.82) is 0 Å². The Morgan fingerprint density at radius 3 is 2.65 bits per heavy atom. The summed E-state index contributed by atoms with van der Waals surface area (Å²) in [6.07, 6.45) is -3.13. The molecule has 1 aromatic rings. The van der Waals surface area contributed by atoms with Gasteiger partial charge in [0.25, 0.3) is 0 Å². The summed E-state index contributed by atoms with van der Waals surface area (Å²) < 4.78 is 67.7. The minimum Gasteiger partial charge on any atom is -0.406 e. The molecule has 1 saturated heterocycles. The van der Waals surface area contributed by atoms with Crippen LogP contribution in [0.4, 0.5) is 13.2 Å². The first-order valence-corrected chi connectivity index (χ1v) is 10.4. The van der Waals surface area contributed by atoms with Crippen LogP contribution in [0.3, 0.4) is 0 Å². The van der Waals surface area contributed by atoms with E-state index in [1.807, 2.05) is 0 Å². The van der Waals surface area contributed by atoms with Gasteiger partial charge in [-0.3, -0.25) is 4.79 Å². The molecule has 1 saturated carbocycles. The summed E-state index contributed by atoms with van der Waals surface area (Å²) in [5, 5.41) is 0. The van der Waals surface area contributed by atoms with E-state index in [0.29, 0.717) is 5.75 Å². The van der Waals surface area contributed by atoms with Crippen LogP contribution in [0.1, 0.15) is 12.8 Å². The molecule has 6 nitrogen and oxygen atoms in total. The molecule has 0 N–H and O–H groups in total. The Morgan fingerprint density at radius 2 is 2.04 bits per heavy atom. The van der Waals surface area contributed by atoms with Gasteiger partial charge in [0.05, 0.1) is 10.8 Å². The number of carbonyl (C=O) groups is 1. The number of hydrogen-bond donors (Lipinski definition) is 0. The summed E-state index contributed by atoms with van der Waals surface area (Å²) in [5.41, 5.74) is 0. The molecule has 1 aromatic carbocycles. The highest BCUT2D eigenvalue weighted by Crippen LogP contribution is 2.33. The normalized spacial score (nSPS) is 21.6. The van der Waals surface area contributed by atoms with E-state index < -0.39 is 28.2 Å². The SMILES string of the molecule is CN(C(=O)C1CSCN1S(=O)(=O)c1cccc(OC(F)(F)F)c1)C1CC1. The molecule has 2 aliphatic rings. The van der Waals surface area contributed by atoms with Crippen molar-refractivity contribution in [3.05, 3.63) is 24.3 Å². The minimum absolute atomic E-state index is 0.0710. The van der Waals surface area contributed by atoms with E-state index in [4.69, 9.17) is 0 Å². The summed E-state index contributed by atoms with van der Waals surface area (Å²) in [6.45, 7) is 0. The van der Waals surface area contributed by atoms with Gasteiger partial charge in [-0.2, -0.15) is 4.31 Å². The average molecular weight is 410 g/mol. The van der Waals surface area contributed by atoms with Crippen molar-refractivity contribution in [2.24, 2.45) is 0 Å². The number of carbonyl (C=O) groups excluding carboxylic acids is 1. The van der Waals surface area contributed by atoms with Crippen LogP contribution in [0.15, 0.2) is 29.2 Å². The highest BCUT2D eigenvalue weighted by Gasteiger charge is 2.43. The van der Waals surface area contributed by atoms with E-state index in [2.05, 4.69) is 4.74 Å². The van der Waals surface area contributed by atoms with Crippen LogP contribution in [-0.2, 0) is 14.8 Å². The molecular weight excluding hydrogens is 393 g/mol. The van der Waals surface area contributed by atoms with Crippen molar-refractivity contribution in [2.45, 2.75) is 36.2 Å². The lowest BCUT2D eigenvalue weighted by molar-refractivity contribution is -0.274. The standard InChI is InChI=1S/C15H17F3N2O4S2/c1-19(10-5-6-10)14(21)13-8-25-9-20(13)26(22,23)12-4-2-3-11(7-12)24-15(16,17)18/h2-4,7,10,13H,5-6,8-9H2,1H3. The second-order valence-corrected chi connectivity index (χ2v) is 9.00. The number of benzene rings is 1. The second kappa shape index (κ2) is 6.93. The predicted octanol–water partition coefficient (Wildman–Crippen LogP) is 2.27. The topological polar surface area (TPSA) is 66.9 Å². The van der Waals surface area contributed by atoms with Gasteiger partial charge in [0, 0.05) is 24.9 Å². The van der Waals surface area contributed by atoms with Gasteiger partial charge >= 0.3 is 6.36 Å². The van der Waals surface area contributed by atoms with Crippen molar-refractivity contribution in [1.82, 2.24) is 9.21 Å². The number of alkyl halides is 3. The third kappa shape index (κ3) is 4.09. The minimum atomic E-state index is -4.92. The Morgan fingerprint density at radius 1 is 1.35 bits per heavy atom. The maximum absolute atomic E-state index is 12.9. The highest BCUT2D eigenvalue weighted by atomic mass is 32.2. The molecule has 0 spiro atoms. The number of thioether (sulfide) groups is 1. The molecule has 1 atom stereocenters. The van der Waals surface area contributed by atoms with Crippen LogP contribution in [0.2, 0.25) is 0 Å². The van der Waals surface area contributed by atoms with E-state index in [0.717, 1.165) is 29.3 Å². The molecule has 2 fully saturated rings. The van der Waals surface area contributed by atoms with E-state index in [-0.39, 0.29) is 22.7 Å². The van der Waals surface area contributed by atoms with Gasteiger partial charge < -0.3 is 9.64 Å². The van der Waals surface area contributed by atoms with Crippen LogP contribution in [0.25, 0.3) is 0 Å². The lowest BCUT2D eigenvalue weighted by Gasteiger charge is -2.27. The zero-order chi connectivity index (χ0) is 19.1. The van der Waals surface area contributed by atoms with Crippen molar-refractivity contribution in [3.8, 4) is 5.75 Å². The van der Waals surface area contributed by atoms with Crippen molar-refractivity contribution in [3.63, 3.8) is 0 Å². The fourth-order valence-corrected chi connectivity index (χ4v) is 5.87. The van der Waals surface area contributed by atoms with Crippen molar-refractivity contribution in [2.75, 3.05) is 18.7 Å². The Hall–Kier alpha value is -1.46. The summed E-state index contributed by atoms with van der Waals surface area (Å²) in [6, 6.07) is 3.48. The number of rotatable bonds is 5. The second-order valence-electron chi connectivity index (χ2n) is 6.11. The smallest absolute Gasteiger partial charge is 0.406 e. The maximum atomic E-state index is 12.9. The van der Waals surface area contributed by atoms with Gasteiger partial charge in [-0.05, 0) is 25.0 Å². The van der Waals surface area contributed by atoms with Crippen LogP contribution >= 0.6 is 11.8 Å². The number of nitrogens with zero attached hydrogens (tertiary/aromatic N) is 2. The average Bonchev–Trinajstić information content (AvgIpc) is 3.28. The Labute approximate surface area is 153 Å². The van der Waals surface area contributed by atoms with E-state index in [1.54, 1.807) is 11.9 Å². The number of likely N-dealkylation sites (N-methyl/N-ethyl adjacent to an activating group) is 1. The molecular formula is C15H17F3N2O4S2. The lowest BCUT2D eigenvalue weighted by Crippen LogP contribution is -2.48. The van der Waals surface area contributed by atoms with E-state index >= 15 is 0 Å². The molecule has 144 valence electrons. The van der Waals surface area contributed by atoms with Gasteiger partial charge in [0.15, 0.2) is 0 Å². The fourth-order valence-electron chi connectivity index (χ4n) is 2.70. The van der Waals surface area contributed by atoms with Gasteiger partial charge in [-0.25, -0.2) is 8.42 Å². The number of sulfonamides is 1. The first-order valence-electron chi connectivity index (χ1n) is 7.81. The number of hydrogen-bond acceptors (Lipinski definition) is 5. The van der Waals surface area contributed by atoms with Crippen LogP contribution in [0, 0.1) is 0 Å². The molecule has 0 radical (unpaired) electrons.